The van der Waals surface area contributed by atoms with Crippen molar-refractivity contribution in [1.29, 1.82) is 0 Å². The van der Waals surface area contributed by atoms with Crippen molar-refractivity contribution in [2.45, 2.75) is 130 Å². The van der Waals surface area contributed by atoms with E-state index in [1.54, 1.807) is 12.1 Å². The maximum atomic E-state index is 15.7. The predicted octanol–water partition coefficient (Wildman–Crippen LogP) is 16.6. The highest BCUT2D eigenvalue weighted by molar-refractivity contribution is 9.11. The van der Waals surface area contributed by atoms with Gasteiger partial charge in [-0.05, 0) is 93.6 Å². The fourth-order valence-electron chi connectivity index (χ4n) is 6.53. The summed E-state index contributed by atoms with van der Waals surface area (Å²) in [5, 5.41) is 0. The summed E-state index contributed by atoms with van der Waals surface area (Å²) in [6.07, 6.45) is 17.9. The second kappa shape index (κ2) is 23.7. The summed E-state index contributed by atoms with van der Waals surface area (Å²) in [4.78, 5) is 29.4. The Hall–Kier alpha value is -1.44. The van der Waals surface area contributed by atoms with E-state index in [2.05, 4.69) is 59.6 Å². The number of thiophene rings is 4. The molecular formula is C42H54Br2F2O4S4. The lowest BCUT2D eigenvalue weighted by atomic mass is 9.96. The molecule has 0 aliphatic carbocycles. The number of esters is 2. The van der Waals surface area contributed by atoms with Crippen LogP contribution in [0.3, 0.4) is 0 Å². The van der Waals surface area contributed by atoms with E-state index >= 15 is 8.78 Å². The summed E-state index contributed by atoms with van der Waals surface area (Å²) < 4.78 is 44.6. The molecule has 0 saturated carbocycles. The Labute approximate surface area is 353 Å². The van der Waals surface area contributed by atoms with Gasteiger partial charge in [0.2, 0.25) is 0 Å². The number of halogens is 4. The van der Waals surface area contributed by atoms with Crippen molar-refractivity contribution in [3.8, 4) is 29.3 Å². The molecule has 0 aliphatic rings. The van der Waals surface area contributed by atoms with E-state index in [-0.39, 0.29) is 9.75 Å². The summed E-state index contributed by atoms with van der Waals surface area (Å²) in [6, 6.07) is 6.18. The van der Waals surface area contributed by atoms with Gasteiger partial charge in [0.1, 0.15) is 11.6 Å². The molecule has 0 radical (unpaired) electrons. The third-order valence-corrected chi connectivity index (χ3v) is 15.7. The minimum atomic E-state index is -0.568. The van der Waals surface area contributed by atoms with Crippen molar-refractivity contribution in [3.05, 3.63) is 54.6 Å². The van der Waals surface area contributed by atoms with Crippen molar-refractivity contribution < 1.29 is 27.8 Å². The molecule has 2 unspecified atom stereocenters. The molecule has 0 bridgehead atoms. The van der Waals surface area contributed by atoms with Gasteiger partial charge in [-0.15, -0.1) is 45.3 Å². The first-order valence-corrected chi connectivity index (χ1v) is 24.5. The standard InChI is InChI=1S/C42H54Br2F2O4S4/c1-5-9-13-15-19-27(17-11-7-3)25-49-41(47)29-21-35(43)53-37(29)33-23-31(45)39(51-33)40-32(46)24-34(52-40)38-30(22-36(44)54-38)42(48)50-26-28(18-12-8-4)20-16-14-10-6-2/h21-24,27-28H,5-20,25-26H2,1-4H3. The molecule has 4 rings (SSSR count). The topological polar surface area (TPSA) is 52.6 Å². The van der Waals surface area contributed by atoms with Gasteiger partial charge >= 0.3 is 11.9 Å². The van der Waals surface area contributed by atoms with Crippen LogP contribution in [0.2, 0.25) is 0 Å². The van der Waals surface area contributed by atoms with E-state index in [0.29, 0.717) is 55.7 Å². The predicted molar refractivity (Wildman–Crippen MR) is 234 cm³/mol. The van der Waals surface area contributed by atoms with Crippen LogP contribution < -0.4 is 0 Å². The van der Waals surface area contributed by atoms with Crippen LogP contribution in [-0.4, -0.2) is 25.2 Å². The number of hydrogen-bond acceptors (Lipinski definition) is 8. The largest absolute Gasteiger partial charge is 0.462 e. The van der Waals surface area contributed by atoms with Crippen molar-refractivity contribution in [2.75, 3.05) is 13.2 Å². The van der Waals surface area contributed by atoms with Gasteiger partial charge in [0.05, 0.1) is 51.4 Å². The van der Waals surface area contributed by atoms with E-state index in [4.69, 9.17) is 9.47 Å². The zero-order chi connectivity index (χ0) is 39.0. The molecule has 0 N–H and O–H groups in total. The summed E-state index contributed by atoms with van der Waals surface area (Å²) in [5.74, 6) is -1.38. The summed E-state index contributed by atoms with van der Waals surface area (Å²) in [6.45, 7) is 9.45. The average Bonchev–Trinajstić information content (AvgIpc) is 3.94. The molecule has 0 amide bonds. The molecule has 0 fully saturated rings. The fraction of sp³-hybridized carbons (Fsp3) is 0.571. The number of unbranched alkanes of at least 4 members (excludes halogenated alkanes) is 8. The van der Waals surface area contributed by atoms with Gasteiger partial charge in [0, 0.05) is 9.75 Å². The van der Waals surface area contributed by atoms with Gasteiger partial charge < -0.3 is 9.47 Å². The third-order valence-electron chi connectivity index (χ3n) is 9.64. The van der Waals surface area contributed by atoms with Gasteiger partial charge in [0.25, 0.3) is 0 Å². The number of carbonyl (C=O) groups is 2. The molecule has 4 nitrogen and oxygen atoms in total. The Morgan fingerprint density at radius 3 is 1.28 bits per heavy atom. The van der Waals surface area contributed by atoms with Crippen LogP contribution in [-0.2, 0) is 9.47 Å². The van der Waals surface area contributed by atoms with Crippen LogP contribution in [0.5, 0.6) is 0 Å². The third kappa shape index (κ3) is 13.3. The second-order valence-electron chi connectivity index (χ2n) is 14.1. The summed E-state index contributed by atoms with van der Waals surface area (Å²) in [5.41, 5.74) is 0.744. The zero-order valence-electron chi connectivity index (χ0n) is 32.0. The molecule has 4 aromatic rings. The minimum Gasteiger partial charge on any atom is -0.462 e. The van der Waals surface area contributed by atoms with Crippen LogP contribution in [0.1, 0.15) is 151 Å². The summed E-state index contributed by atoms with van der Waals surface area (Å²) >= 11 is 11.9. The Morgan fingerprint density at radius 2 is 0.907 bits per heavy atom. The lowest BCUT2D eigenvalue weighted by molar-refractivity contribution is 0.0415. The smallest absolute Gasteiger partial charge is 0.339 e. The number of hydrogen-bond donors (Lipinski definition) is 0. The molecule has 0 saturated heterocycles. The Morgan fingerprint density at radius 1 is 0.537 bits per heavy atom. The lowest BCUT2D eigenvalue weighted by Gasteiger charge is -2.17. The molecule has 2 atom stereocenters. The first-order chi connectivity index (χ1) is 26.1. The number of carbonyl (C=O) groups excluding carboxylic acids is 2. The maximum absolute atomic E-state index is 15.7. The highest BCUT2D eigenvalue weighted by atomic mass is 79.9. The van der Waals surface area contributed by atoms with Gasteiger partial charge in [-0.1, -0.05) is 105 Å². The Bertz CT molecular complexity index is 1630. The molecule has 4 aromatic heterocycles. The van der Waals surface area contributed by atoms with Gasteiger partial charge in [-0.2, -0.15) is 0 Å². The van der Waals surface area contributed by atoms with Crippen LogP contribution in [0, 0.1) is 23.5 Å². The van der Waals surface area contributed by atoms with E-state index in [0.717, 1.165) is 94.5 Å². The normalized spacial score (nSPS) is 12.7. The monoisotopic (exact) mass is 946 g/mol. The van der Waals surface area contributed by atoms with Crippen LogP contribution >= 0.6 is 77.2 Å². The van der Waals surface area contributed by atoms with Crippen molar-refractivity contribution in [2.24, 2.45) is 11.8 Å². The molecule has 0 spiro atoms. The number of ether oxygens (including phenoxy) is 2. The lowest BCUT2D eigenvalue weighted by Crippen LogP contribution is -2.15. The highest BCUT2D eigenvalue weighted by Crippen LogP contribution is 2.48. The molecular weight excluding hydrogens is 895 g/mol. The molecule has 4 heterocycles. The van der Waals surface area contributed by atoms with Crippen molar-refractivity contribution >= 4 is 89.1 Å². The van der Waals surface area contributed by atoms with E-state index in [9.17, 15) is 9.59 Å². The van der Waals surface area contributed by atoms with Gasteiger partial charge in [-0.3, -0.25) is 0 Å². The van der Waals surface area contributed by atoms with Gasteiger partial charge in [0.15, 0.2) is 0 Å². The van der Waals surface area contributed by atoms with E-state index in [1.165, 1.54) is 73.3 Å². The second-order valence-corrected chi connectivity index (χ2v) is 21.0. The SMILES string of the molecule is CCCCCCC(CCCC)COC(=O)c1cc(Br)sc1-c1cc(F)c(-c2sc(-c3sc(Br)cc3C(=O)OCC(CCCC)CCCCCC)cc2F)s1. The number of rotatable bonds is 25. The maximum Gasteiger partial charge on any atom is 0.339 e. The van der Waals surface area contributed by atoms with Crippen molar-refractivity contribution in [3.63, 3.8) is 0 Å². The summed E-state index contributed by atoms with van der Waals surface area (Å²) in [7, 11) is 0. The molecule has 298 valence electrons. The molecule has 0 aromatic carbocycles. The van der Waals surface area contributed by atoms with Gasteiger partial charge in [-0.25, -0.2) is 18.4 Å². The van der Waals surface area contributed by atoms with Crippen LogP contribution in [0.25, 0.3) is 29.3 Å². The molecule has 12 heteroatoms. The first kappa shape index (κ1) is 45.3. The van der Waals surface area contributed by atoms with E-state index < -0.39 is 23.6 Å². The first-order valence-electron chi connectivity index (χ1n) is 19.6. The average molecular weight is 949 g/mol. The van der Waals surface area contributed by atoms with Crippen molar-refractivity contribution in [1.82, 2.24) is 0 Å². The van der Waals surface area contributed by atoms with E-state index in [1.807, 2.05) is 0 Å². The fourth-order valence-corrected chi connectivity index (χ4v) is 12.1. The Kier molecular flexibility index (Phi) is 19.9. The highest BCUT2D eigenvalue weighted by Gasteiger charge is 2.27. The molecule has 54 heavy (non-hydrogen) atoms. The molecule has 0 aliphatic heterocycles. The minimum absolute atomic E-state index is 0.149. The Balaban J connectivity index is 1.50. The quantitative estimate of drug-likeness (QED) is 0.0491. The zero-order valence-corrected chi connectivity index (χ0v) is 38.4. The van der Waals surface area contributed by atoms with Crippen LogP contribution in [0.4, 0.5) is 8.78 Å². The van der Waals surface area contributed by atoms with Crippen LogP contribution in [0.15, 0.2) is 31.8 Å².